The van der Waals surface area contributed by atoms with Crippen LogP contribution in [0.1, 0.15) is 41.1 Å². The van der Waals surface area contributed by atoms with Crippen LogP contribution in [0.4, 0.5) is 0 Å². The lowest BCUT2D eigenvalue weighted by Gasteiger charge is -2.28. The van der Waals surface area contributed by atoms with Gasteiger partial charge in [-0.2, -0.15) is 0 Å². The number of hydrogen-bond acceptors (Lipinski definition) is 4. The molecule has 0 fully saturated rings. The third-order valence-electron chi connectivity index (χ3n) is 4.43. The first kappa shape index (κ1) is 17.7. The molecule has 0 aliphatic heterocycles. The third kappa shape index (κ3) is 3.61. The molecule has 26 heavy (non-hydrogen) atoms. The highest BCUT2D eigenvalue weighted by molar-refractivity contribution is 5.99. The van der Waals surface area contributed by atoms with Crippen LogP contribution in [0.5, 0.6) is 0 Å². The maximum Gasteiger partial charge on any atom is 0.257 e. The Labute approximate surface area is 153 Å². The van der Waals surface area contributed by atoms with E-state index in [1.165, 1.54) is 0 Å². The number of hydrogen-bond donors (Lipinski definition) is 0. The van der Waals surface area contributed by atoms with E-state index in [4.69, 9.17) is 0 Å². The summed E-state index contributed by atoms with van der Waals surface area (Å²) in [6.07, 6.45) is 5.96. The quantitative estimate of drug-likeness (QED) is 0.699. The molecule has 3 rings (SSSR count). The third-order valence-corrected chi connectivity index (χ3v) is 4.43. The molecular formula is C21H22N4O. The highest BCUT2D eigenvalue weighted by atomic mass is 16.2. The average Bonchev–Trinajstić information content (AvgIpc) is 2.69. The van der Waals surface area contributed by atoms with Crippen molar-refractivity contribution in [3.63, 3.8) is 0 Å². The molecular weight excluding hydrogens is 324 g/mol. The molecule has 5 nitrogen and oxygen atoms in total. The van der Waals surface area contributed by atoms with E-state index in [2.05, 4.69) is 21.9 Å². The van der Waals surface area contributed by atoms with Gasteiger partial charge in [0.25, 0.3) is 5.91 Å². The van der Waals surface area contributed by atoms with Crippen LogP contribution in [0.3, 0.4) is 0 Å². The smallest absolute Gasteiger partial charge is 0.257 e. The first-order valence-corrected chi connectivity index (χ1v) is 8.68. The highest BCUT2D eigenvalue weighted by Gasteiger charge is 2.25. The molecule has 2 aromatic heterocycles. The van der Waals surface area contributed by atoms with Gasteiger partial charge in [0.05, 0.1) is 17.3 Å². The van der Waals surface area contributed by atoms with Crippen molar-refractivity contribution >= 4 is 5.91 Å². The van der Waals surface area contributed by atoms with Crippen molar-refractivity contribution in [1.82, 2.24) is 19.9 Å². The fourth-order valence-corrected chi connectivity index (χ4v) is 3.08. The molecule has 3 aromatic rings. The van der Waals surface area contributed by atoms with E-state index in [1.54, 1.807) is 17.3 Å². The van der Waals surface area contributed by atoms with Gasteiger partial charge in [0.1, 0.15) is 5.82 Å². The zero-order valence-electron chi connectivity index (χ0n) is 15.3. The lowest BCUT2D eigenvalue weighted by molar-refractivity contribution is 0.0726. The Morgan fingerprint density at radius 2 is 1.88 bits per heavy atom. The molecule has 132 valence electrons. The minimum atomic E-state index is -0.0976. The molecule has 5 heteroatoms. The van der Waals surface area contributed by atoms with E-state index in [-0.39, 0.29) is 11.9 Å². The van der Waals surface area contributed by atoms with Gasteiger partial charge in [-0.15, -0.1) is 0 Å². The van der Waals surface area contributed by atoms with E-state index < -0.39 is 0 Å². The fraction of sp³-hybridized carbons (Fsp3) is 0.238. The number of nitrogens with zero attached hydrogens (tertiary/aromatic N) is 4. The second-order valence-electron chi connectivity index (χ2n) is 6.17. The van der Waals surface area contributed by atoms with Crippen molar-refractivity contribution in [3.05, 3.63) is 78.0 Å². The van der Waals surface area contributed by atoms with Gasteiger partial charge < -0.3 is 4.90 Å². The molecule has 0 radical (unpaired) electrons. The summed E-state index contributed by atoms with van der Waals surface area (Å²) in [6.45, 7) is 3.89. The van der Waals surface area contributed by atoms with E-state index in [1.807, 2.05) is 62.6 Å². The minimum Gasteiger partial charge on any atom is -0.335 e. The Hall–Kier alpha value is -3.08. The van der Waals surface area contributed by atoms with Gasteiger partial charge in [-0.05, 0) is 25.0 Å². The van der Waals surface area contributed by atoms with E-state index in [9.17, 15) is 4.79 Å². The Bertz CT molecular complexity index is 881. The van der Waals surface area contributed by atoms with Crippen molar-refractivity contribution in [2.24, 2.45) is 0 Å². The SMILES string of the molecule is CCC(c1cccnc1)N(C)C(=O)c1cnc(C)nc1-c1ccccc1. The second-order valence-corrected chi connectivity index (χ2v) is 6.17. The number of carbonyl (C=O) groups excluding carboxylic acids is 1. The Balaban J connectivity index is 1.99. The van der Waals surface area contributed by atoms with Crippen LogP contribution in [-0.2, 0) is 0 Å². The lowest BCUT2D eigenvalue weighted by atomic mass is 10.0. The van der Waals surface area contributed by atoms with Crippen LogP contribution >= 0.6 is 0 Å². The van der Waals surface area contributed by atoms with Crippen LogP contribution in [-0.4, -0.2) is 32.8 Å². The number of benzene rings is 1. The normalized spacial score (nSPS) is 11.8. The summed E-state index contributed by atoms with van der Waals surface area (Å²) >= 11 is 0. The predicted molar refractivity (Wildman–Crippen MR) is 102 cm³/mol. The summed E-state index contributed by atoms with van der Waals surface area (Å²) in [6, 6.07) is 13.6. The Morgan fingerprint density at radius 1 is 1.12 bits per heavy atom. The molecule has 0 N–H and O–H groups in total. The lowest BCUT2D eigenvalue weighted by Crippen LogP contribution is -2.31. The van der Waals surface area contributed by atoms with Gasteiger partial charge in [-0.3, -0.25) is 9.78 Å². The first-order valence-electron chi connectivity index (χ1n) is 8.68. The van der Waals surface area contributed by atoms with Crippen LogP contribution in [0.25, 0.3) is 11.3 Å². The van der Waals surface area contributed by atoms with Crippen LogP contribution in [0, 0.1) is 6.92 Å². The first-order chi connectivity index (χ1) is 12.6. The summed E-state index contributed by atoms with van der Waals surface area (Å²) in [7, 11) is 1.82. The summed E-state index contributed by atoms with van der Waals surface area (Å²) < 4.78 is 0. The number of amides is 1. The van der Waals surface area contributed by atoms with Gasteiger partial charge >= 0.3 is 0 Å². The number of aryl methyl sites for hydroxylation is 1. The summed E-state index contributed by atoms with van der Waals surface area (Å²) in [5.41, 5.74) is 3.09. The molecule has 2 heterocycles. The molecule has 0 aliphatic carbocycles. The summed E-state index contributed by atoms with van der Waals surface area (Å²) in [5, 5.41) is 0. The topological polar surface area (TPSA) is 59.0 Å². The highest BCUT2D eigenvalue weighted by Crippen LogP contribution is 2.27. The van der Waals surface area contributed by atoms with Crippen molar-refractivity contribution in [1.29, 1.82) is 0 Å². The number of pyridine rings is 1. The molecule has 1 atom stereocenters. The molecule has 1 amide bonds. The van der Waals surface area contributed by atoms with Crippen LogP contribution in [0.15, 0.2) is 61.1 Å². The standard InChI is InChI=1S/C21H22N4O/c1-4-19(17-11-8-12-22-13-17)25(3)21(26)18-14-23-15(2)24-20(18)16-9-6-5-7-10-16/h5-14,19H,4H2,1-3H3. The predicted octanol–water partition coefficient (Wildman–Crippen LogP) is 4.07. The average molecular weight is 346 g/mol. The molecule has 0 saturated carbocycles. The van der Waals surface area contributed by atoms with Gasteiger partial charge in [-0.1, -0.05) is 43.3 Å². The number of rotatable bonds is 5. The zero-order valence-corrected chi connectivity index (χ0v) is 15.3. The zero-order chi connectivity index (χ0) is 18.5. The summed E-state index contributed by atoms with van der Waals surface area (Å²) in [5.74, 6) is 0.543. The van der Waals surface area contributed by atoms with E-state index in [0.717, 1.165) is 17.5 Å². The van der Waals surface area contributed by atoms with E-state index in [0.29, 0.717) is 17.1 Å². The maximum absolute atomic E-state index is 13.2. The number of carbonyl (C=O) groups is 1. The van der Waals surface area contributed by atoms with Crippen LogP contribution in [0.2, 0.25) is 0 Å². The van der Waals surface area contributed by atoms with Crippen molar-refractivity contribution in [2.75, 3.05) is 7.05 Å². The fourth-order valence-electron chi connectivity index (χ4n) is 3.08. The monoisotopic (exact) mass is 346 g/mol. The van der Waals surface area contributed by atoms with Crippen molar-refractivity contribution in [2.45, 2.75) is 26.3 Å². The van der Waals surface area contributed by atoms with Crippen molar-refractivity contribution < 1.29 is 4.79 Å². The van der Waals surface area contributed by atoms with Gasteiger partial charge in [-0.25, -0.2) is 9.97 Å². The van der Waals surface area contributed by atoms with E-state index >= 15 is 0 Å². The molecule has 1 aromatic carbocycles. The van der Waals surface area contributed by atoms with Crippen molar-refractivity contribution in [3.8, 4) is 11.3 Å². The minimum absolute atomic E-state index is 0.0545. The summed E-state index contributed by atoms with van der Waals surface area (Å²) in [4.78, 5) is 28.0. The van der Waals surface area contributed by atoms with Gasteiger partial charge in [0.2, 0.25) is 0 Å². The second kappa shape index (κ2) is 7.87. The Kier molecular flexibility index (Phi) is 5.37. The number of aromatic nitrogens is 3. The maximum atomic E-state index is 13.2. The largest absolute Gasteiger partial charge is 0.335 e. The molecule has 0 aliphatic rings. The van der Waals surface area contributed by atoms with Gasteiger partial charge in [0, 0.05) is 31.2 Å². The molecule has 0 bridgehead atoms. The molecule has 0 saturated heterocycles. The van der Waals surface area contributed by atoms with Crippen LogP contribution < -0.4 is 0 Å². The molecule has 1 unspecified atom stereocenters. The molecule has 0 spiro atoms. The Morgan fingerprint density at radius 3 is 2.54 bits per heavy atom. The van der Waals surface area contributed by atoms with Gasteiger partial charge in [0.15, 0.2) is 0 Å².